The fraction of sp³-hybridized carbons (Fsp3) is 0.364. The first kappa shape index (κ1) is 11.8. The van der Waals surface area contributed by atoms with Crippen molar-refractivity contribution < 1.29 is 0 Å². The Morgan fingerprint density at radius 1 is 1.33 bits per heavy atom. The Morgan fingerprint density at radius 3 is 2.72 bits per heavy atom. The van der Waals surface area contributed by atoms with Gasteiger partial charge in [0.25, 0.3) is 0 Å². The molecular weight excluding hydrogens is 266 g/mol. The van der Waals surface area contributed by atoms with Crippen molar-refractivity contribution in [2.45, 2.75) is 26.8 Å². The van der Waals surface area contributed by atoms with E-state index in [0.717, 1.165) is 27.2 Å². The first-order valence-electron chi connectivity index (χ1n) is 5.60. The van der Waals surface area contributed by atoms with Crippen LogP contribution >= 0.6 is 22.7 Å². The topological polar surface area (TPSA) is 69.1 Å². The molecule has 1 unspecified atom stereocenters. The molecule has 94 valence electrons. The molecule has 0 saturated carbocycles. The number of rotatable bonds is 2. The van der Waals surface area contributed by atoms with Gasteiger partial charge in [0.15, 0.2) is 5.82 Å². The van der Waals surface area contributed by atoms with Gasteiger partial charge in [0.2, 0.25) is 4.96 Å². The third kappa shape index (κ3) is 1.66. The summed E-state index contributed by atoms with van der Waals surface area (Å²) >= 11 is 3.27. The van der Waals surface area contributed by atoms with Crippen molar-refractivity contribution in [3.63, 3.8) is 0 Å². The summed E-state index contributed by atoms with van der Waals surface area (Å²) < 4.78 is 2.04. The van der Waals surface area contributed by atoms with E-state index in [4.69, 9.17) is 5.73 Å². The van der Waals surface area contributed by atoms with E-state index in [1.807, 2.05) is 25.2 Å². The molecule has 0 bridgehead atoms. The van der Waals surface area contributed by atoms with Crippen molar-refractivity contribution in [2.75, 3.05) is 0 Å². The molecule has 7 heteroatoms. The van der Waals surface area contributed by atoms with Crippen LogP contribution in [-0.4, -0.2) is 19.6 Å². The highest BCUT2D eigenvalue weighted by molar-refractivity contribution is 7.17. The highest BCUT2D eigenvalue weighted by atomic mass is 32.1. The van der Waals surface area contributed by atoms with Gasteiger partial charge >= 0.3 is 0 Å². The number of nitrogens with two attached hydrogens (primary N) is 1. The minimum atomic E-state index is -0.136. The summed E-state index contributed by atoms with van der Waals surface area (Å²) in [5.74, 6) is 0.798. The Bertz CT molecular complexity index is 706. The fourth-order valence-electron chi connectivity index (χ4n) is 1.96. The van der Waals surface area contributed by atoms with Gasteiger partial charge < -0.3 is 5.73 Å². The van der Waals surface area contributed by atoms with E-state index < -0.39 is 0 Å². The van der Waals surface area contributed by atoms with Gasteiger partial charge in [-0.3, -0.25) is 4.40 Å². The Balaban J connectivity index is 2.29. The normalized spacial score (nSPS) is 13.3. The quantitative estimate of drug-likeness (QED) is 0.782. The SMILES string of the molecule is Cc1nc(C)c(-c2csc3nnc(C(C)N)n23)s1. The predicted octanol–water partition coefficient (Wildman–Crippen LogP) is 2.55. The molecule has 0 spiro atoms. The minimum Gasteiger partial charge on any atom is -0.322 e. The van der Waals surface area contributed by atoms with E-state index in [9.17, 15) is 0 Å². The van der Waals surface area contributed by atoms with Gasteiger partial charge in [-0.15, -0.1) is 32.9 Å². The van der Waals surface area contributed by atoms with Gasteiger partial charge in [-0.1, -0.05) is 0 Å². The summed E-state index contributed by atoms with van der Waals surface area (Å²) in [6.07, 6.45) is 0. The molecule has 3 rings (SSSR count). The standard InChI is InChI=1S/C11H13N5S2/c1-5(12)10-14-15-11-16(10)8(4-17-11)9-6(2)13-7(3)18-9/h4-5H,12H2,1-3H3. The number of aryl methyl sites for hydroxylation is 2. The molecule has 0 aliphatic heterocycles. The fourth-order valence-corrected chi connectivity index (χ4v) is 3.79. The molecule has 3 heterocycles. The maximum Gasteiger partial charge on any atom is 0.216 e. The van der Waals surface area contributed by atoms with Crippen molar-refractivity contribution in [3.8, 4) is 10.6 Å². The monoisotopic (exact) mass is 279 g/mol. The van der Waals surface area contributed by atoms with E-state index in [1.165, 1.54) is 4.88 Å². The summed E-state index contributed by atoms with van der Waals surface area (Å²) in [5.41, 5.74) is 8.08. The van der Waals surface area contributed by atoms with Crippen LogP contribution in [-0.2, 0) is 0 Å². The van der Waals surface area contributed by atoms with Crippen molar-refractivity contribution in [2.24, 2.45) is 5.73 Å². The second kappa shape index (κ2) is 4.11. The Kier molecular flexibility index (Phi) is 2.69. The molecule has 0 fully saturated rings. The Hall–Kier alpha value is -1.31. The predicted molar refractivity (Wildman–Crippen MR) is 74.0 cm³/mol. The van der Waals surface area contributed by atoms with Crippen LogP contribution in [0.5, 0.6) is 0 Å². The molecule has 0 aliphatic rings. The maximum atomic E-state index is 5.94. The van der Waals surface area contributed by atoms with Crippen molar-refractivity contribution in [1.29, 1.82) is 0 Å². The number of thiazole rings is 2. The largest absolute Gasteiger partial charge is 0.322 e. The van der Waals surface area contributed by atoms with Gasteiger partial charge in [0.1, 0.15) is 0 Å². The number of nitrogens with zero attached hydrogens (tertiary/aromatic N) is 4. The number of hydrogen-bond donors (Lipinski definition) is 1. The van der Waals surface area contributed by atoms with Crippen LogP contribution < -0.4 is 5.73 Å². The summed E-state index contributed by atoms with van der Waals surface area (Å²) in [6, 6.07) is -0.136. The lowest BCUT2D eigenvalue weighted by Gasteiger charge is -2.04. The molecule has 0 aliphatic carbocycles. The third-order valence-electron chi connectivity index (χ3n) is 2.72. The van der Waals surface area contributed by atoms with Crippen molar-refractivity contribution in [3.05, 3.63) is 21.9 Å². The van der Waals surface area contributed by atoms with Crippen LogP contribution in [0.1, 0.15) is 29.5 Å². The van der Waals surface area contributed by atoms with Crippen LogP contribution in [0.15, 0.2) is 5.38 Å². The average Bonchev–Trinajstić information content (AvgIpc) is 2.92. The van der Waals surface area contributed by atoms with Crippen LogP contribution in [0.3, 0.4) is 0 Å². The van der Waals surface area contributed by atoms with E-state index in [1.54, 1.807) is 22.7 Å². The molecule has 1 atom stereocenters. The average molecular weight is 279 g/mol. The summed E-state index contributed by atoms with van der Waals surface area (Å²) in [6.45, 7) is 5.96. The Morgan fingerprint density at radius 2 is 2.11 bits per heavy atom. The maximum absolute atomic E-state index is 5.94. The van der Waals surface area contributed by atoms with Crippen LogP contribution in [0.25, 0.3) is 15.5 Å². The van der Waals surface area contributed by atoms with Crippen molar-refractivity contribution in [1.82, 2.24) is 19.6 Å². The van der Waals surface area contributed by atoms with Gasteiger partial charge in [0, 0.05) is 5.38 Å². The molecule has 0 amide bonds. The molecule has 2 N–H and O–H groups in total. The molecule has 0 aromatic carbocycles. The van der Waals surface area contributed by atoms with Gasteiger partial charge in [-0.05, 0) is 20.8 Å². The first-order chi connectivity index (χ1) is 8.58. The number of fused-ring (bicyclic) bond motifs is 1. The van der Waals surface area contributed by atoms with Crippen LogP contribution in [0, 0.1) is 13.8 Å². The molecule has 0 radical (unpaired) electrons. The van der Waals surface area contributed by atoms with E-state index in [0.29, 0.717) is 0 Å². The van der Waals surface area contributed by atoms with Crippen LogP contribution in [0.4, 0.5) is 0 Å². The van der Waals surface area contributed by atoms with Gasteiger partial charge in [-0.25, -0.2) is 4.98 Å². The highest BCUT2D eigenvalue weighted by Gasteiger charge is 2.18. The summed E-state index contributed by atoms with van der Waals surface area (Å²) in [7, 11) is 0. The summed E-state index contributed by atoms with van der Waals surface area (Å²) in [4.78, 5) is 6.52. The van der Waals surface area contributed by atoms with Gasteiger partial charge in [0.05, 0.1) is 27.3 Å². The highest BCUT2D eigenvalue weighted by Crippen LogP contribution is 2.33. The molecule has 3 aromatic heterocycles. The molecule has 0 saturated heterocycles. The molecule has 18 heavy (non-hydrogen) atoms. The zero-order valence-corrected chi connectivity index (χ0v) is 12.0. The third-order valence-corrected chi connectivity index (χ3v) is 4.63. The molecule has 5 nitrogen and oxygen atoms in total. The second-order valence-electron chi connectivity index (χ2n) is 4.23. The molecule has 3 aromatic rings. The number of aromatic nitrogens is 4. The van der Waals surface area contributed by atoms with E-state index >= 15 is 0 Å². The van der Waals surface area contributed by atoms with Crippen LogP contribution in [0.2, 0.25) is 0 Å². The van der Waals surface area contributed by atoms with Gasteiger partial charge in [-0.2, -0.15) is 0 Å². The smallest absolute Gasteiger partial charge is 0.216 e. The second-order valence-corrected chi connectivity index (χ2v) is 6.27. The Labute approximate surface area is 112 Å². The first-order valence-corrected chi connectivity index (χ1v) is 7.30. The van der Waals surface area contributed by atoms with E-state index in [-0.39, 0.29) is 6.04 Å². The lowest BCUT2D eigenvalue weighted by molar-refractivity contribution is 0.729. The lowest BCUT2D eigenvalue weighted by Crippen LogP contribution is -2.10. The minimum absolute atomic E-state index is 0.136. The summed E-state index contributed by atoms with van der Waals surface area (Å²) in [5, 5.41) is 11.5. The van der Waals surface area contributed by atoms with E-state index in [2.05, 4.69) is 20.6 Å². The zero-order chi connectivity index (χ0) is 12.9. The lowest BCUT2D eigenvalue weighted by atomic mass is 10.3. The van der Waals surface area contributed by atoms with Crippen molar-refractivity contribution >= 4 is 27.6 Å². The molecular formula is C11H13N5S2. The number of hydrogen-bond acceptors (Lipinski definition) is 6. The zero-order valence-electron chi connectivity index (χ0n) is 10.3.